The first-order valence-corrected chi connectivity index (χ1v) is 10.4. The van der Waals surface area contributed by atoms with E-state index in [2.05, 4.69) is 5.32 Å². The van der Waals surface area contributed by atoms with E-state index in [1.54, 1.807) is 16.4 Å². The highest BCUT2D eigenvalue weighted by Crippen LogP contribution is 2.39. The van der Waals surface area contributed by atoms with E-state index >= 15 is 0 Å². The van der Waals surface area contributed by atoms with Gasteiger partial charge in [-0.15, -0.1) is 0 Å². The Kier molecular flexibility index (Phi) is 5.34. The highest BCUT2D eigenvalue weighted by atomic mass is 32.2. The molecule has 2 atom stereocenters. The number of nitrogens with one attached hydrogen (secondary N) is 1. The fraction of sp³-hybridized carbons (Fsp3) is 0.611. The molecule has 1 saturated heterocycles. The first-order chi connectivity index (χ1) is 11.9. The van der Waals surface area contributed by atoms with Gasteiger partial charge < -0.3 is 10.1 Å². The van der Waals surface area contributed by atoms with Gasteiger partial charge >= 0.3 is 0 Å². The van der Waals surface area contributed by atoms with Crippen molar-refractivity contribution in [1.82, 2.24) is 4.31 Å². The molecule has 25 heavy (non-hydrogen) atoms. The molecule has 0 radical (unpaired) electrons. The van der Waals surface area contributed by atoms with Crippen LogP contribution in [0.2, 0.25) is 0 Å². The Hall–Kier alpha value is -1.60. The second kappa shape index (κ2) is 7.33. The van der Waals surface area contributed by atoms with Gasteiger partial charge in [-0.1, -0.05) is 19.8 Å². The average Bonchev–Trinajstić information content (AvgIpc) is 3.37. The smallest absolute Gasteiger partial charge is 0.243 e. The van der Waals surface area contributed by atoms with Crippen LogP contribution in [0.5, 0.6) is 5.75 Å². The maximum atomic E-state index is 12.9. The van der Waals surface area contributed by atoms with Crippen LogP contribution >= 0.6 is 0 Å². The van der Waals surface area contributed by atoms with Gasteiger partial charge in [-0.3, -0.25) is 4.79 Å². The van der Waals surface area contributed by atoms with Crippen molar-refractivity contribution < 1.29 is 17.9 Å². The molecule has 1 saturated carbocycles. The van der Waals surface area contributed by atoms with E-state index in [4.69, 9.17) is 4.74 Å². The van der Waals surface area contributed by atoms with Gasteiger partial charge in [0.05, 0.1) is 17.7 Å². The number of anilines is 1. The molecule has 2 aliphatic rings. The van der Waals surface area contributed by atoms with E-state index in [0.29, 0.717) is 30.4 Å². The zero-order valence-electron chi connectivity index (χ0n) is 14.8. The number of methoxy groups -OCH3 is 1. The summed E-state index contributed by atoms with van der Waals surface area (Å²) in [5, 5.41) is 2.83. The molecule has 0 spiro atoms. The lowest BCUT2D eigenvalue weighted by molar-refractivity contribution is -0.117. The molecular weight excluding hydrogens is 340 g/mol. The number of ether oxygens (including phenoxy) is 1. The molecule has 1 aromatic rings. The predicted molar refractivity (Wildman–Crippen MR) is 96.1 cm³/mol. The van der Waals surface area contributed by atoms with Crippen molar-refractivity contribution in [2.75, 3.05) is 25.5 Å². The third-order valence-electron chi connectivity index (χ3n) is 5.08. The minimum absolute atomic E-state index is 0.00979. The van der Waals surface area contributed by atoms with Crippen molar-refractivity contribution >= 4 is 21.6 Å². The first kappa shape index (κ1) is 18.2. The van der Waals surface area contributed by atoms with Crippen molar-refractivity contribution in [3.8, 4) is 5.75 Å². The molecular formula is C18H26N2O4S. The number of sulfonamides is 1. The number of hydrogen-bond donors (Lipinski definition) is 1. The summed E-state index contributed by atoms with van der Waals surface area (Å²) in [7, 11) is -2.05. The fourth-order valence-corrected chi connectivity index (χ4v) is 4.83. The first-order valence-electron chi connectivity index (χ1n) is 8.92. The van der Waals surface area contributed by atoms with Gasteiger partial charge in [0.15, 0.2) is 0 Å². The lowest BCUT2D eigenvalue weighted by Crippen LogP contribution is -2.32. The summed E-state index contributed by atoms with van der Waals surface area (Å²) in [6.07, 6.45) is 4.78. The Morgan fingerprint density at radius 3 is 2.40 bits per heavy atom. The topological polar surface area (TPSA) is 75.7 Å². The van der Waals surface area contributed by atoms with Gasteiger partial charge in [0.25, 0.3) is 0 Å². The van der Waals surface area contributed by atoms with E-state index in [1.807, 2.05) is 6.92 Å². The number of carbonyl (C=O) groups is 1. The third-order valence-corrected chi connectivity index (χ3v) is 6.97. The largest absolute Gasteiger partial charge is 0.495 e. The summed E-state index contributed by atoms with van der Waals surface area (Å²) < 4.78 is 32.7. The summed E-state index contributed by atoms with van der Waals surface area (Å²) in [5.41, 5.74) is 0.419. The second-order valence-corrected chi connectivity index (χ2v) is 8.93. The van der Waals surface area contributed by atoms with Crippen molar-refractivity contribution in [2.24, 2.45) is 11.8 Å². The quantitative estimate of drug-likeness (QED) is 0.869. The molecule has 6 nitrogen and oxygen atoms in total. The van der Waals surface area contributed by atoms with Crippen molar-refractivity contribution in [3.63, 3.8) is 0 Å². The zero-order chi connectivity index (χ0) is 18.0. The van der Waals surface area contributed by atoms with Gasteiger partial charge in [-0.05, 0) is 43.4 Å². The maximum absolute atomic E-state index is 12.9. The monoisotopic (exact) mass is 366 g/mol. The number of hydrogen-bond acceptors (Lipinski definition) is 4. The summed E-state index contributed by atoms with van der Waals surface area (Å²) >= 11 is 0. The Bertz CT molecular complexity index is 739. The lowest BCUT2D eigenvalue weighted by atomic mass is 10.2. The third kappa shape index (κ3) is 3.98. The molecule has 0 bridgehead atoms. The van der Waals surface area contributed by atoms with Gasteiger partial charge in [0, 0.05) is 19.0 Å². The fourth-order valence-electron chi connectivity index (χ4n) is 3.29. The molecule has 1 amide bonds. The zero-order valence-corrected chi connectivity index (χ0v) is 15.6. The minimum atomic E-state index is -3.56. The van der Waals surface area contributed by atoms with Crippen LogP contribution in [0.25, 0.3) is 0 Å². The van der Waals surface area contributed by atoms with Crippen LogP contribution < -0.4 is 10.1 Å². The molecule has 1 N–H and O–H groups in total. The van der Waals surface area contributed by atoms with E-state index in [1.165, 1.54) is 13.2 Å². The van der Waals surface area contributed by atoms with Crippen LogP contribution in [0.3, 0.4) is 0 Å². The van der Waals surface area contributed by atoms with Crippen LogP contribution in [-0.2, 0) is 14.8 Å². The van der Waals surface area contributed by atoms with Crippen molar-refractivity contribution in [2.45, 2.75) is 43.9 Å². The normalized spacial score (nSPS) is 24.4. The maximum Gasteiger partial charge on any atom is 0.243 e. The number of benzene rings is 1. The van der Waals surface area contributed by atoms with E-state index in [-0.39, 0.29) is 16.7 Å². The molecule has 2 fully saturated rings. The van der Waals surface area contributed by atoms with Crippen LogP contribution in [0, 0.1) is 11.8 Å². The van der Waals surface area contributed by atoms with Crippen molar-refractivity contribution in [1.29, 1.82) is 0 Å². The second-order valence-electron chi connectivity index (χ2n) is 6.99. The summed E-state index contributed by atoms with van der Waals surface area (Å²) in [6, 6.07) is 4.68. The molecule has 0 unspecified atom stereocenters. The molecule has 0 aromatic heterocycles. The molecule has 1 aliphatic heterocycles. The summed E-state index contributed by atoms with van der Waals surface area (Å²) in [4.78, 5) is 12.4. The molecule has 1 aromatic carbocycles. The van der Waals surface area contributed by atoms with Crippen LogP contribution in [0.4, 0.5) is 5.69 Å². The Balaban J connectivity index is 1.86. The lowest BCUT2D eigenvalue weighted by Gasteiger charge is -2.21. The van der Waals surface area contributed by atoms with Gasteiger partial charge in [0.1, 0.15) is 5.75 Å². The molecule has 3 rings (SSSR count). The Labute approximate surface area is 149 Å². The number of amides is 1. The molecule has 7 heteroatoms. The summed E-state index contributed by atoms with van der Waals surface area (Å²) in [5.74, 6) is 0.789. The molecule has 1 heterocycles. The minimum Gasteiger partial charge on any atom is -0.495 e. The van der Waals surface area contributed by atoms with Gasteiger partial charge in [-0.2, -0.15) is 4.31 Å². The van der Waals surface area contributed by atoms with Gasteiger partial charge in [0.2, 0.25) is 15.9 Å². The van der Waals surface area contributed by atoms with Crippen molar-refractivity contribution in [3.05, 3.63) is 18.2 Å². The number of rotatable bonds is 5. The van der Waals surface area contributed by atoms with Crippen LogP contribution in [-0.4, -0.2) is 38.8 Å². The average molecular weight is 366 g/mol. The molecule has 138 valence electrons. The number of nitrogens with zero attached hydrogens (tertiary/aromatic N) is 1. The molecule has 1 aliphatic carbocycles. The standard InChI is InChI=1S/C18H26N2O4S/c1-13-11-15(13)18(21)19-16-12-14(7-8-17(16)24-2)25(22,23)20-9-5-3-4-6-10-20/h7-8,12-13,15H,3-6,9-11H2,1-2H3,(H,19,21)/t13-,15+/m1/s1. The highest BCUT2D eigenvalue weighted by Gasteiger charge is 2.39. The Morgan fingerprint density at radius 1 is 1.20 bits per heavy atom. The Morgan fingerprint density at radius 2 is 1.84 bits per heavy atom. The predicted octanol–water partition coefficient (Wildman–Crippen LogP) is 2.85. The highest BCUT2D eigenvalue weighted by molar-refractivity contribution is 7.89. The number of carbonyl (C=O) groups excluding carboxylic acids is 1. The SMILES string of the molecule is COc1ccc(S(=O)(=O)N2CCCCCC2)cc1NC(=O)[C@H]1C[C@H]1C. The van der Waals surface area contributed by atoms with E-state index in [0.717, 1.165) is 32.1 Å². The van der Waals surface area contributed by atoms with E-state index in [9.17, 15) is 13.2 Å². The van der Waals surface area contributed by atoms with E-state index < -0.39 is 10.0 Å². The van der Waals surface area contributed by atoms with Crippen LogP contribution in [0.1, 0.15) is 39.0 Å². The summed E-state index contributed by atoms with van der Waals surface area (Å²) in [6.45, 7) is 3.13. The van der Waals surface area contributed by atoms with Gasteiger partial charge in [-0.25, -0.2) is 8.42 Å². The van der Waals surface area contributed by atoms with Crippen LogP contribution in [0.15, 0.2) is 23.1 Å².